The van der Waals surface area contributed by atoms with Crippen LogP contribution in [0.25, 0.3) is 10.9 Å². The molecular formula is C12H8ClF2NO2. The Kier molecular flexibility index (Phi) is 3.43. The third kappa shape index (κ3) is 2.26. The summed E-state index contributed by atoms with van der Waals surface area (Å²) in [6.07, 6.45) is 0. The summed E-state index contributed by atoms with van der Waals surface area (Å²) in [5.74, 6) is -2.68. The average Bonchev–Trinajstić information content (AvgIpc) is 2.31. The van der Waals surface area contributed by atoms with Gasteiger partial charge in [-0.1, -0.05) is 11.6 Å². The van der Waals surface area contributed by atoms with E-state index in [0.717, 1.165) is 12.1 Å². The van der Waals surface area contributed by atoms with Crippen LogP contribution in [-0.4, -0.2) is 17.6 Å². The number of ether oxygens (including phenoxy) is 1. The maximum Gasteiger partial charge on any atom is 0.341 e. The SMILES string of the molecule is CCOC(=O)c1cc2cc(F)c(F)cc2nc1Cl. The Morgan fingerprint density at radius 3 is 2.67 bits per heavy atom. The number of hydrogen-bond acceptors (Lipinski definition) is 3. The van der Waals surface area contributed by atoms with E-state index in [1.54, 1.807) is 6.92 Å². The summed E-state index contributed by atoms with van der Waals surface area (Å²) in [6, 6.07) is 3.20. The van der Waals surface area contributed by atoms with Gasteiger partial charge in [0.1, 0.15) is 5.15 Å². The molecule has 0 saturated heterocycles. The Balaban J connectivity index is 2.61. The van der Waals surface area contributed by atoms with Crippen LogP contribution in [0.4, 0.5) is 8.78 Å². The van der Waals surface area contributed by atoms with Crippen molar-refractivity contribution in [3.05, 3.63) is 40.6 Å². The van der Waals surface area contributed by atoms with E-state index < -0.39 is 17.6 Å². The number of halogens is 3. The van der Waals surface area contributed by atoms with Gasteiger partial charge in [0.25, 0.3) is 0 Å². The molecule has 0 unspecified atom stereocenters. The fourth-order valence-electron chi connectivity index (χ4n) is 1.50. The van der Waals surface area contributed by atoms with Crippen molar-refractivity contribution >= 4 is 28.5 Å². The molecule has 0 amide bonds. The third-order valence-electron chi connectivity index (χ3n) is 2.31. The van der Waals surface area contributed by atoms with E-state index in [1.165, 1.54) is 6.07 Å². The highest BCUT2D eigenvalue weighted by Gasteiger charge is 2.15. The van der Waals surface area contributed by atoms with E-state index in [1.807, 2.05) is 0 Å². The molecule has 0 N–H and O–H groups in total. The summed E-state index contributed by atoms with van der Waals surface area (Å²) in [4.78, 5) is 15.4. The Hall–Kier alpha value is -1.75. The van der Waals surface area contributed by atoms with Crippen LogP contribution in [0.3, 0.4) is 0 Å². The number of hydrogen-bond donors (Lipinski definition) is 0. The van der Waals surface area contributed by atoms with Crippen molar-refractivity contribution in [2.24, 2.45) is 0 Å². The van der Waals surface area contributed by atoms with Crippen LogP contribution in [0.1, 0.15) is 17.3 Å². The third-order valence-corrected chi connectivity index (χ3v) is 2.59. The lowest BCUT2D eigenvalue weighted by Crippen LogP contribution is -2.06. The Labute approximate surface area is 106 Å². The van der Waals surface area contributed by atoms with Crippen molar-refractivity contribution in [3.63, 3.8) is 0 Å². The first-order valence-corrected chi connectivity index (χ1v) is 5.53. The van der Waals surface area contributed by atoms with Crippen molar-refractivity contribution < 1.29 is 18.3 Å². The summed E-state index contributed by atoms with van der Waals surface area (Å²) >= 11 is 5.80. The summed E-state index contributed by atoms with van der Waals surface area (Å²) in [5.41, 5.74) is 0.198. The molecule has 0 atom stereocenters. The van der Waals surface area contributed by atoms with E-state index in [4.69, 9.17) is 16.3 Å². The number of carbonyl (C=O) groups is 1. The van der Waals surface area contributed by atoms with Crippen molar-refractivity contribution in [1.29, 1.82) is 0 Å². The second-order valence-electron chi connectivity index (χ2n) is 3.51. The molecule has 2 aromatic rings. The molecule has 18 heavy (non-hydrogen) atoms. The number of aromatic nitrogens is 1. The fraction of sp³-hybridized carbons (Fsp3) is 0.167. The first-order chi connectivity index (χ1) is 8.52. The standard InChI is InChI=1S/C12H8ClF2NO2/c1-2-18-12(17)7-3-6-4-8(14)9(15)5-10(6)16-11(7)13/h3-5H,2H2,1H3. The number of benzene rings is 1. The molecule has 1 heterocycles. The van der Waals surface area contributed by atoms with Gasteiger partial charge in [-0.05, 0) is 19.1 Å². The maximum atomic E-state index is 13.1. The summed E-state index contributed by atoms with van der Waals surface area (Å²) in [6.45, 7) is 1.83. The zero-order chi connectivity index (χ0) is 13.3. The first kappa shape index (κ1) is 12.7. The van der Waals surface area contributed by atoms with Gasteiger partial charge in [0.2, 0.25) is 0 Å². The maximum absolute atomic E-state index is 13.1. The molecule has 6 heteroatoms. The number of esters is 1. The highest BCUT2D eigenvalue weighted by molar-refractivity contribution is 6.32. The zero-order valence-corrected chi connectivity index (χ0v) is 10.1. The molecule has 94 valence electrons. The quantitative estimate of drug-likeness (QED) is 0.621. The number of carbonyl (C=O) groups excluding carboxylic acids is 1. The minimum atomic E-state index is -1.02. The van der Waals surface area contributed by atoms with Crippen LogP contribution in [0.5, 0.6) is 0 Å². The minimum Gasteiger partial charge on any atom is -0.462 e. The van der Waals surface area contributed by atoms with E-state index >= 15 is 0 Å². The zero-order valence-electron chi connectivity index (χ0n) is 9.34. The number of rotatable bonds is 2. The lowest BCUT2D eigenvalue weighted by Gasteiger charge is -2.06. The van der Waals surface area contributed by atoms with Gasteiger partial charge in [-0.15, -0.1) is 0 Å². The van der Waals surface area contributed by atoms with Gasteiger partial charge < -0.3 is 4.74 Å². The average molecular weight is 272 g/mol. The highest BCUT2D eigenvalue weighted by atomic mass is 35.5. The summed E-state index contributed by atoms with van der Waals surface area (Å²) in [7, 11) is 0. The molecule has 0 radical (unpaired) electrons. The van der Waals surface area contributed by atoms with Gasteiger partial charge in [-0.3, -0.25) is 0 Å². The van der Waals surface area contributed by atoms with Crippen molar-refractivity contribution in [3.8, 4) is 0 Å². The lowest BCUT2D eigenvalue weighted by molar-refractivity contribution is 0.0526. The fourth-order valence-corrected chi connectivity index (χ4v) is 1.72. The van der Waals surface area contributed by atoms with E-state index in [9.17, 15) is 13.6 Å². The van der Waals surface area contributed by atoms with Crippen LogP contribution >= 0.6 is 11.6 Å². The monoisotopic (exact) mass is 271 g/mol. The normalized spacial score (nSPS) is 10.7. The van der Waals surface area contributed by atoms with Gasteiger partial charge in [0.05, 0.1) is 17.7 Å². The lowest BCUT2D eigenvalue weighted by atomic mass is 10.1. The molecular weight excluding hydrogens is 264 g/mol. The Morgan fingerprint density at radius 1 is 1.33 bits per heavy atom. The number of fused-ring (bicyclic) bond motifs is 1. The number of pyridine rings is 1. The second kappa shape index (κ2) is 4.86. The Bertz CT molecular complexity index is 631. The molecule has 2 rings (SSSR count). The van der Waals surface area contributed by atoms with Crippen molar-refractivity contribution in [2.75, 3.05) is 6.61 Å². The van der Waals surface area contributed by atoms with Gasteiger partial charge in [-0.2, -0.15) is 0 Å². The molecule has 0 spiro atoms. The smallest absolute Gasteiger partial charge is 0.341 e. The molecule has 0 aliphatic heterocycles. The van der Waals surface area contributed by atoms with E-state index in [2.05, 4.69) is 4.98 Å². The van der Waals surface area contributed by atoms with Gasteiger partial charge in [-0.25, -0.2) is 18.6 Å². The predicted molar refractivity (Wildman–Crippen MR) is 62.6 cm³/mol. The van der Waals surface area contributed by atoms with Crippen LogP contribution in [0, 0.1) is 11.6 Å². The molecule has 0 bridgehead atoms. The highest BCUT2D eigenvalue weighted by Crippen LogP contribution is 2.23. The largest absolute Gasteiger partial charge is 0.462 e. The number of nitrogens with zero attached hydrogens (tertiary/aromatic N) is 1. The molecule has 0 fully saturated rings. The van der Waals surface area contributed by atoms with E-state index in [-0.39, 0.29) is 28.2 Å². The minimum absolute atomic E-state index is 0.0250. The van der Waals surface area contributed by atoms with Crippen LogP contribution < -0.4 is 0 Å². The molecule has 1 aromatic heterocycles. The van der Waals surface area contributed by atoms with Gasteiger partial charge in [0, 0.05) is 11.5 Å². The predicted octanol–water partition coefficient (Wildman–Crippen LogP) is 3.34. The molecule has 0 aliphatic rings. The van der Waals surface area contributed by atoms with Crippen molar-refractivity contribution in [1.82, 2.24) is 4.98 Å². The van der Waals surface area contributed by atoms with Gasteiger partial charge in [0.15, 0.2) is 11.6 Å². The first-order valence-electron chi connectivity index (χ1n) is 5.15. The topological polar surface area (TPSA) is 39.2 Å². The van der Waals surface area contributed by atoms with E-state index in [0.29, 0.717) is 0 Å². The molecule has 1 aromatic carbocycles. The van der Waals surface area contributed by atoms with Crippen molar-refractivity contribution in [2.45, 2.75) is 6.92 Å². The van der Waals surface area contributed by atoms with Gasteiger partial charge >= 0.3 is 5.97 Å². The van der Waals surface area contributed by atoms with Crippen LogP contribution in [-0.2, 0) is 4.74 Å². The second-order valence-corrected chi connectivity index (χ2v) is 3.86. The van der Waals surface area contributed by atoms with Crippen LogP contribution in [0.15, 0.2) is 18.2 Å². The van der Waals surface area contributed by atoms with Crippen LogP contribution in [0.2, 0.25) is 5.15 Å². The summed E-state index contributed by atoms with van der Waals surface area (Å²) in [5, 5.41) is 0.174. The molecule has 3 nitrogen and oxygen atoms in total. The molecule has 0 saturated carbocycles. The Morgan fingerprint density at radius 2 is 2.00 bits per heavy atom. The summed E-state index contributed by atoms with van der Waals surface area (Å²) < 4.78 is 30.9. The molecule has 0 aliphatic carbocycles.